The maximum absolute atomic E-state index is 11.7. The molecule has 1 heteroatoms. The lowest BCUT2D eigenvalue weighted by Crippen LogP contribution is -2.30. The first-order valence-electron chi connectivity index (χ1n) is 6.36. The van der Waals surface area contributed by atoms with Crippen LogP contribution in [0.1, 0.15) is 24.5 Å². The zero-order chi connectivity index (χ0) is 12.8. The molecule has 92 valence electrons. The van der Waals surface area contributed by atoms with Crippen molar-refractivity contribution in [1.82, 2.24) is 0 Å². The molecule has 0 aromatic heterocycles. The second-order valence-electron chi connectivity index (χ2n) is 4.66. The van der Waals surface area contributed by atoms with Gasteiger partial charge in [0.15, 0.2) is 0 Å². The number of rotatable bonds is 5. The van der Waals surface area contributed by atoms with Gasteiger partial charge in [-0.15, -0.1) is 0 Å². The van der Waals surface area contributed by atoms with Crippen LogP contribution in [0.15, 0.2) is 60.7 Å². The van der Waals surface area contributed by atoms with Gasteiger partial charge in [0.2, 0.25) is 0 Å². The van der Waals surface area contributed by atoms with Gasteiger partial charge in [0.1, 0.15) is 6.29 Å². The standard InChI is InChI=1S/C17H18O/c1-2-17(14-18,16-11-7-4-8-12-16)13-15-9-5-3-6-10-15/h3-12,14H,2,13H2,1H3/t17-/m0/s1. The molecule has 0 spiro atoms. The molecule has 0 aliphatic rings. The van der Waals surface area contributed by atoms with Crippen LogP contribution < -0.4 is 0 Å². The van der Waals surface area contributed by atoms with Crippen molar-refractivity contribution in [3.05, 3.63) is 71.8 Å². The van der Waals surface area contributed by atoms with Crippen LogP contribution >= 0.6 is 0 Å². The van der Waals surface area contributed by atoms with E-state index in [0.29, 0.717) is 0 Å². The fraction of sp³-hybridized carbons (Fsp3) is 0.235. The van der Waals surface area contributed by atoms with Gasteiger partial charge in [-0.2, -0.15) is 0 Å². The SMILES string of the molecule is CC[C@@](C=O)(Cc1ccccc1)c1ccccc1. The summed E-state index contributed by atoms with van der Waals surface area (Å²) in [6.07, 6.45) is 2.68. The summed E-state index contributed by atoms with van der Waals surface area (Å²) in [5.41, 5.74) is 1.91. The van der Waals surface area contributed by atoms with Gasteiger partial charge in [-0.1, -0.05) is 67.6 Å². The predicted molar refractivity (Wildman–Crippen MR) is 74.6 cm³/mol. The molecule has 1 nitrogen and oxygen atoms in total. The molecule has 0 aliphatic heterocycles. The molecule has 1 atom stereocenters. The molecule has 0 heterocycles. The molecule has 0 radical (unpaired) electrons. The van der Waals surface area contributed by atoms with Gasteiger partial charge in [0, 0.05) is 0 Å². The fourth-order valence-electron chi connectivity index (χ4n) is 2.35. The monoisotopic (exact) mass is 238 g/mol. The number of hydrogen-bond acceptors (Lipinski definition) is 1. The summed E-state index contributed by atoms with van der Waals surface area (Å²) >= 11 is 0. The van der Waals surface area contributed by atoms with Crippen LogP contribution in [0.5, 0.6) is 0 Å². The second kappa shape index (κ2) is 5.63. The smallest absolute Gasteiger partial charge is 0.130 e. The van der Waals surface area contributed by atoms with Gasteiger partial charge in [-0.3, -0.25) is 0 Å². The molecule has 2 rings (SSSR count). The zero-order valence-corrected chi connectivity index (χ0v) is 10.7. The lowest BCUT2D eigenvalue weighted by atomic mass is 9.75. The average molecular weight is 238 g/mol. The van der Waals surface area contributed by atoms with E-state index in [9.17, 15) is 4.79 Å². The van der Waals surface area contributed by atoms with Gasteiger partial charge in [-0.05, 0) is 24.0 Å². The van der Waals surface area contributed by atoms with Crippen LogP contribution in [0.2, 0.25) is 0 Å². The summed E-state index contributed by atoms with van der Waals surface area (Å²) in [5, 5.41) is 0. The van der Waals surface area contributed by atoms with Gasteiger partial charge in [0.25, 0.3) is 0 Å². The van der Waals surface area contributed by atoms with E-state index in [0.717, 1.165) is 24.7 Å². The normalized spacial score (nSPS) is 13.8. The Morgan fingerprint density at radius 2 is 1.50 bits per heavy atom. The Kier molecular flexibility index (Phi) is 3.93. The molecular weight excluding hydrogens is 220 g/mol. The largest absolute Gasteiger partial charge is 0.302 e. The number of benzene rings is 2. The van der Waals surface area contributed by atoms with Gasteiger partial charge >= 0.3 is 0 Å². The van der Waals surface area contributed by atoms with E-state index in [-0.39, 0.29) is 0 Å². The Bertz CT molecular complexity index is 490. The van der Waals surface area contributed by atoms with Crippen molar-refractivity contribution >= 4 is 6.29 Å². The van der Waals surface area contributed by atoms with Crippen LogP contribution in [0.3, 0.4) is 0 Å². The number of carbonyl (C=O) groups excluding carboxylic acids is 1. The zero-order valence-electron chi connectivity index (χ0n) is 10.7. The van der Waals surface area contributed by atoms with Crippen molar-refractivity contribution in [2.24, 2.45) is 0 Å². The third kappa shape index (κ3) is 2.51. The highest BCUT2D eigenvalue weighted by molar-refractivity contribution is 5.69. The van der Waals surface area contributed by atoms with E-state index >= 15 is 0 Å². The third-order valence-corrected chi connectivity index (χ3v) is 3.57. The lowest BCUT2D eigenvalue weighted by Gasteiger charge is -2.27. The van der Waals surface area contributed by atoms with Crippen LogP contribution in [-0.4, -0.2) is 6.29 Å². The van der Waals surface area contributed by atoms with Gasteiger partial charge in [0.05, 0.1) is 5.41 Å². The minimum Gasteiger partial charge on any atom is -0.302 e. The van der Waals surface area contributed by atoms with Crippen molar-refractivity contribution < 1.29 is 4.79 Å². The topological polar surface area (TPSA) is 17.1 Å². The van der Waals surface area contributed by atoms with Crippen molar-refractivity contribution in [3.63, 3.8) is 0 Å². The Hall–Kier alpha value is -1.89. The summed E-state index contributed by atoms with van der Waals surface area (Å²) in [4.78, 5) is 11.7. The molecule has 18 heavy (non-hydrogen) atoms. The molecule has 0 unspecified atom stereocenters. The minimum atomic E-state index is -0.400. The second-order valence-corrected chi connectivity index (χ2v) is 4.66. The summed E-state index contributed by atoms with van der Waals surface area (Å²) in [5.74, 6) is 0. The summed E-state index contributed by atoms with van der Waals surface area (Å²) in [6.45, 7) is 2.07. The van der Waals surface area contributed by atoms with Crippen molar-refractivity contribution in [2.45, 2.75) is 25.2 Å². The molecule has 0 amide bonds. The van der Waals surface area contributed by atoms with Crippen molar-refractivity contribution in [1.29, 1.82) is 0 Å². The highest BCUT2D eigenvalue weighted by atomic mass is 16.1. The van der Waals surface area contributed by atoms with E-state index in [1.54, 1.807) is 0 Å². The first-order valence-corrected chi connectivity index (χ1v) is 6.36. The van der Waals surface area contributed by atoms with E-state index < -0.39 is 5.41 Å². The van der Waals surface area contributed by atoms with Gasteiger partial charge in [-0.25, -0.2) is 0 Å². The predicted octanol–water partition coefficient (Wildman–Crippen LogP) is 3.78. The highest BCUT2D eigenvalue weighted by Gasteiger charge is 2.29. The Labute approximate surface area is 108 Å². The Balaban J connectivity index is 2.36. The van der Waals surface area contributed by atoms with E-state index in [4.69, 9.17) is 0 Å². The van der Waals surface area contributed by atoms with E-state index in [1.807, 2.05) is 48.5 Å². The van der Waals surface area contributed by atoms with Crippen molar-refractivity contribution in [3.8, 4) is 0 Å². The summed E-state index contributed by atoms with van der Waals surface area (Å²) < 4.78 is 0. The number of carbonyl (C=O) groups is 1. The van der Waals surface area contributed by atoms with E-state index in [2.05, 4.69) is 19.1 Å². The molecule has 0 fully saturated rings. The summed E-state index contributed by atoms with van der Waals surface area (Å²) in [6, 6.07) is 20.3. The average Bonchev–Trinajstić information content (AvgIpc) is 2.47. The highest BCUT2D eigenvalue weighted by Crippen LogP contribution is 2.29. The van der Waals surface area contributed by atoms with Crippen LogP contribution in [0.25, 0.3) is 0 Å². The first-order chi connectivity index (χ1) is 8.80. The maximum Gasteiger partial charge on any atom is 0.130 e. The quantitative estimate of drug-likeness (QED) is 0.724. The van der Waals surface area contributed by atoms with Crippen LogP contribution in [-0.2, 0) is 16.6 Å². The van der Waals surface area contributed by atoms with Crippen LogP contribution in [0, 0.1) is 0 Å². The molecule has 0 N–H and O–H groups in total. The summed E-state index contributed by atoms with van der Waals surface area (Å²) in [7, 11) is 0. The molecule has 2 aromatic carbocycles. The number of hydrogen-bond donors (Lipinski definition) is 0. The minimum absolute atomic E-state index is 0.400. The van der Waals surface area contributed by atoms with Crippen LogP contribution in [0.4, 0.5) is 0 Å². The van der Waals surface area contributed by atoms with E-state index in [1.165, 1.54) is 5.56 Å². The van der Waals surface area contributed by atoms with Crippen molar-refractivity contribution in [2.75, 3.05) is 0 Å². The molecule has 2 aromatic rings. The third-order valence-electron chi connectivity index (χ3n) is 3.57. The Morgan fingerprint density at radius 3 is 2.00 bits per heavy atom. The fourth-order valence-corrected chi connectivity index (χ4v) is 2.35. The lowest BCUT2D eigenvalue weighted by molar-refractivity contribution is -0.112. The molecule has 0 saturated carbocycles. The first kappa shape index (κ1) is 12.6. The van der Waals surface area contributed by atoms with Gasteiger partial charge < -0.3 is 4.79 Å². The molecule has 0 saturated heterocycles. The molecular formula is C17H18O. The molecule has 0 aliphatic carbocycles. The maximum atomic E-state index is 11.7. The Morgan fingerprint density at radius 1 is 0.944 bits per heavy atom. The molecule has 0 bridgehead atoms. The number of aldehydes is 1.